The molecule has 1 aliphatic rings. The number of hydrogen-bond donors (Lipinski definition) is 0. The molecule has 10 rings (SSSR count). The van der Waals surface area contributed by atoms with Crippen molar-refractivity contribution in [1.29, 1.82) is 0 Å². The molecule has 0 saturated carbocycles. The van der Waals surface area contributed by atoms with E-state index in [1.807, 2.05) is 0 Å². The highest BCUT2D eigenvalue weighted by Gasteiger charge is 2.38. The molecule has 0 radical (unpaired) electrons. The average molecular weight is 705 g/mol. The van der Waals surface area contributed by atoms with Crippen LogP contribution in [0.15, 0.2) is 194 Å². The second-order valence-corrected chi connectivity index (χ2v) is 15.0. The molecule has 0 bridgehead atoms. The number of para-hydroxylation sites is 4. The van der Waals surface area contributed by atoms with Crippen molar-refractivity contribution in [2.75, 3.05) is 4.90 Å². The van der Waals surface area contributed by atoms with E-state index in [9.17, 15) is 0 Å². The van der Waals surface area contributed by atoms with Gasteiger partial charge in [0.2, 0.25) is 0 Å². The minimum atomic E-state index is -0.175. The highest BCUT2D eigenvalue weighted by molar-refractivity contribution is 6.13. The van der Waals surface area contributed by atoms with Crippen LogP contribution in [0.4, 0.5) is 17.1 Å². The van der Waals surface area contributed by atoms with E-state index >= 15 is 0 Å². The summed E-state index contributed by atoms with van der Waals surface area (Å²) in [5.74, 6) is 0. The van der Waals surface area contributed by atoms with Gasteiger partial charge in [0, 0.05) is 38.9 Å². The Labute approximate surface area is 322 Å². The van der Waals surface area contributed by atoms with Crippen LogP contribution in [0.2, 0.25) is 0 Å². The normalized spacial score (nSPS) is 13.0. The number of hydrogen-bond acceptors (Lipinski definition) is 1. The zero-order chi connectivity index (χ0) is 36.9. The largest absolute Gasteiger partial charge is 0.311 e. The maximum Gasteiger partial charge on any atom is 0.0588 e. The summed E-state index contributed by atoms with van der Waals surface area (Å²) in [5, 5.41) is 2.60. The lowest BCUT2D eigenvalue weighted by atomic mass is 9.81. The Bertz CT molecular complexity index is 2810. The molecule has 0 amide bonds. The molecule has 1 heterocycles. The molecular formula is C53H40N2. The number of benzene rings is 8. The van der Waals surface area contributed by atoms with Gasteiger partial charge in [-0.3, -0.25) is 0 Å². The van der Waals surface area contributed by atoms with E-state index in [1.165, 1.54) is 72.0 Å². The SMILES string of the molecule is CC1(C)c2cc(C=Cc3ccc(-c4ccc(N(c5ccccc5)c5ccccc5)cc4)cc3)ccc2-c2ccc3c4ccccc4n(-c4ccccc4)c3c21. The van der Waals surface area contributed by atoms with Crippen LogP contribution in [0, 0.1) is 0 Å². The summed E-state index contributed by atoms with van der Waals surface area (Å²) in [6.45, 7) is 4.79. The van der Waals surface area contributed by atoms with Gasteiger partial charge in [-0.1, -0.05) is 166 Å². The number of anilines is 3. The molecule has 0 N–H and O–H groups in total. The van der Waals surface area contributed by atoms with Gasteiger partial charge in [0.15, 0.2) is 0 Å². The van der Waals surface area contributed by atoms with E-state index in [1.54, 1.807) is 0 Å². The van der Waals surface area contributed by atoms with E-state index in [2.05, 4.69) is 230 Å². The van der Waals surface area contributed by atoms with Gasteiger partial charge < -0.3 is 9.47 Å². The van der Waals surface area contributed by atoms with Crippen LogP contribution < -0.4 is 4.90 Å². The van der Waals surface area contributed by atoms with Crippen molar-refractivity contribution in [3.05, 3.63) is 216 Å². The van der Waals surface area contributed by atoms with Gasteiger partial charge in [0.05, 0.1) is 11.0 Å². The smallest absolute Gasteiger partial charge is 0.0588 e. The van der Waals surface area contributed by atoms with Crippen molar-refractivity contribution < 1.29 is 0 Å². The van der Waals surface area contributed by atoms with E-state index in [4.69, 9.17) is 0 Å². The van der Waals surface area contributed by atoms with Crippen molar-refractivity contribution in [2.45, 2.75) is 19.3 Å². The summed E-state index contributed by atoms with van der Waals surface area (Å²) in [6.07, 6.45) is 4.48. The topological polar surface area (TPSA) is 8.17 Å². The summed E-state index contributed by atoms with van der Waals surface area (Å²) in [5.41, 5.74) is 17.2. The standard InChI is InChI=1S/C53H40N2/c1-53(2)49-36-38(26-33-45(49)47-34-35-48-46-20-12-13-21-50(46)55(52(48)51(47)53)43-18-10-5-11-19-43)23-22-37-24-27-39(28-25-37)40-29-31-44(32-30-40)54(41-14-6-3-7-15-41)42-16-8-4-9-17-42/h3-36H,1-2H3. The van der Waals surface area contributed by atoms with Crippen molar-refractivity contribution >= 4 is 51.0 Å². The summed E-state index contributed by atoms with van der Waals surface area (Å²) in [6, 6.07) is 70.1. The Morgan fingerprint density at radius 1 is 0.455 bits per heavy atom. The molecular weight excluding hydrogens is 665 g/mol. The zero-order valence-electron chi connectivity index (χ0n) is 31.0. The van der Waals surface area contributed by atoms with E-state index in [0.717, 1.165) is 17.1 Å². The average Bonchev–Trinajstić information content (AvgIpc) is 3.70. The second kappa shape index (κ2) is 13.2. The van der Waals surface area contributed by atoms with Crippen LogP contribution in [-0.4, -0.2) is 4.57 Å². The van der Waals surface area contributed by atoms with Gasteiger partial charge in [-0.2, -0.15) is 0 Å². The molecule has 0 aliphatic heterocycles. The van der Waals surface area contributed by atoms with E-state index in [-0.39, 0.29) is 5.41 Å². The monoisotopic (exact) mass is 704 g/mol. The summed E-state index contributed by atoms with van der Waals surface area (Å²) in [7, 11) is 0. The van der Waals surface area contributed by atoms with Crippen molar-refractivity contribution in [1.82, 2.24) is 4.57 Å². The molecule has 0 unspecified atom stereocenters. The molecule has 1 aromatic heterocycles. The first-order valence-corrected chi connectivity index (χ1v) is 19.1. The lowest BCUT2D eigenvalue weighted by Crippen LogP contribution is -2.16. The Balaban J connectivity index is 0.934. The second-order valence-electron chi connectivity index (χ2n) is 15.0. The molecule has 0 spiro atoms. The molecule has 2 heteroatoms. The first-order valence-electron chi connectivity index (χ1n) is 19.1. The Morgan fingerprint density at radius 3 is 1.65 bits per heavy atom. The Kier molecular flexibility index (Phi) is 7.85. The maximum absolute atomic E-state index is 2.47. The third-order valence-electron chi connectivity index (χ3n) is 11.3. The summed E-state index contributed by atoms with van der Waals surface area (Å²) >= 11 is 0. The fourth-order valence-corrected chi connectivity index (χ4v) is 8.70. The van der Waals surface area contributed by atoms with Gasteiger partial charge >= 0.3 is 0 Å². The third kappa shape index (κ3) is 5.57. The maximum atomic E-state index is 2.47. The molecule has 8 aromatic carbocycles. The fourth-order valence-electron chi connectivity index (χ4n) is 8.70. The molecule has 262 valence electrons. The van der Waals surface area contributed by atoms with Gasteiger partial charge in [-0.15, -0.1) is 0 Å². The first kappa shape index (κ1) is 32.7. The fraction of sp³-hybridized carbons (Fsp3) is 0.0566. The minimum absolute atomic E-state index is 0.175. The van der Waals surface area contributed by atoms with Crippen LogP contribution in [0.5, 0.6) is 0 Å². The Hall–Kier alpha value is -6.90. The van der Waals surface area contributed by atoms with Crippen LogP contribution in [-0.2, 0) is 5.41 Å². The van der Waals surface area contributed by atoms with Gasteiger partial charge in [-0.05, 0) is 99.1 Å². The number of fused-ring (bicyclic) bond motifs is 7. The van der Waals surface area contributed by atoms with Crippen LogP contribution in [0.3, 0.4) is 0 Å². The van der Waals surface area contributed by atoms with Gasteiger partial charge in [0.25, 0.3) is 0 Å². The van der Waals surface area contributed by atoms with Crippen LogP contribution in [0.25, 0.3) is 61.9 Å². The molecule has 0 fully saturated rings. The van der Waals surface area contributed by atoms with Crippen LogP contribution >= 0.6 is 0 Å². The zero-order valence-corrected chi connectivity index (χ0v) is 31.0. The minimum Gasteiger partial charge on any atom is -0.311 e. The number of nitrogens with zero attached hydrogens (tertiary/aromatic N) is 2. The van der Waals surface area contributed by atoms with E-state index < -0.39 is 0 Å². The molecule has 0 atom stereocenters. The van der Waals surface area contributed by atoms with Crippen molar-refractivity contribution in [3.63, 3.8) is 0 Å². The van der Waals surface area contributed by atoms with Crippen LogP contribution in [0.1, 0.15) is 36.1 Å². The van der Waals surface area contributed by atoms with Crippen molar-refractivity contribution in [3.8, 4) is 27.9 Å². The predicted octanol–water partition coefficient (Wildman–Crippen LogP) is 14.4. The van der Waals surface area contributed by atoms with Gasteiger partial charge in [-0.25, -0.2) is 0 Å². The van der Waals surface area contributed by atoms with Crippen molar-refractivity contribution in [2.24, 2.45) is 0 Å². The molecule has 0 saturated heterocycles. The summed E-state index contributed by atoms with van der Waals surface area (Å²) in [4.78, 5) is 2.29. The highest BCUT2D eigenvalue weighted by Crippen LogP contribution is 2.53. The molecule has 2 nitrogen and oxygen atoms in total. The van der Waals surface area contributed by atoms with Gasteiger partial charge in [0.1, 0.15) is 0 Å². The molecule has 1 aliphatic carbocycles. The molecule has 9 aromatic rings. The first-order chi connectivity index (χ1) is 27.0. The van der Waals surface area contributed by atoms with E-state index in [0.29, 0.717) is 0 Å². The highest BCUT2D eigenvalue weighted by atomic mass is 15.1. The summed E-state index contributed by atoms with van der Waals surface area (Å²) < 4.78 is 2.47. The predicted molar refractivity (Wildman–Crippen MR) is 234 cm³/mol. The lowest BCUT2D eigenvalue weighted by Gasteiger charge is -2.25. The lowest BCUT2D eigenvalue weighted by molar-refractivity contribution is 0.663. The quantitative estimate of drug-likeness (QED) is 0.150. The number of rotatable bonds is 7. The Morgan fingerprint density at radius 2 is 0.982 bits per heavy atom. The third-order valence-corrected chi connectivity index (χ3v) is 11.3. The number of aromatic nitrogens is 1. The molecule has 55 heavy (non-hydrogen) atoms.